The summed E-state index contributed by atoms with van der Waals surface area (Å²) in [5.41, 5.74) is 1.86. The van der Waals surface area contributed by atoms with Crippen molar-refractivity contribution in [3.63, 3.8) is 0 Å². The second-order valence-electron chi connectivity index (χ2n) is 5.96. The van der Waals surface area contributed by atoms with Crippen LogP contribution in [0.15, 0.2) is 41.6 Å². The summed E-state index contributed by atoms with van der Waals surface area (Å²) in [5.74, 6) is 2.04. The predicted molar refractivity (Wildman–Crippen MR) is 104 cm³/mol. The first-order valence-corrected chi connectivity index (χ1v) is 8.57. The molecule has 28 heavy (non-hydrogen) atoms. The van der Waals surface area contributed by atoms with Crippen molar-refractivity contribution in [2.24, 2.45) is 5.16 Å². The molecule has 0 radical (unpaired) electrons. The second kappa shape index (κ2) is 8.51. The van der Waals surface area contributed by atoms with E-state index in [9.17, 15) is 4.79 Å². The van der Waals surface area contributed by atoms with Gasteiger partial charge in [0, 0.05) is 24.1 Å². The molecule has 148 valence electrons. The number of methoxy groups -OCH3 is 4. The third-order valence-electron chi connectivity index (χ3n) is 4.35. The number of carbonyl (C=O) groups is 1. The van der Waals surface area contributed by atoms with Gasteiger partial charge in [0.1, 0.15) is 23.0 Å². The maximum absolute atomic E-state index is 12.7. The average Bonchev–Trinajstić information content (AvgIpc) is 3.23. The molecular weight excluding hydrogens is 364 g/mol. The lowest BCUT2D eigenvalue weighted by atomic mass is 10.0. The van der Waals surface area contributed by atoms with Crippen LogP contribution in [0.4, 0.5) is 5.69 Å². The third-order valence-corrected chi connectivity index (χ3v) is 4.35. The molecule has 0 unspecified atom stereocenters. The van der Waals surface area contributed by atoms with Gasteiger partial charge in [-0.3, -0.25) is 4.79 Å². The van der Waals surface area contributed by atoms with E-state index in [0.717, 1.165) is 5.56 Å². The molecule has 3 rings (SSSR count). The molecule has 1 N–H and O–H groups in total. The quantitative estimate of drug-likeness (QED) is 0.787. The zero-order chi connectivity index (χ0) is 20.1. The standard InChI is InChI=1S/C20H22N2O6/c1-24-12-6-8-17(26-3)16(9-12)21-20(23)19-11-15(22-28-19)14-7-5-13(25-2)10-18(14)27-4/h5-10,19H,11H2,1-4H3,(H,21,23)/t19-/m0/s1. The third kappa shape index (κ3) is 3.95. The molecule has 0 saturated heterocycles. The Morgan fingerprint density at radius 3 is 2.32 bits per heavy atom. The molecule has 0 saturated carbocycles. The van der Waals surface area contributed by atoms with Gasteiger partial charge in [-0.05, 0) is 24.3 Å². The Morgan fingerprint density at radius 1 is 0.964 bits per heavy atom. The fourth-order valence-corrected chi connectivity index (χ4v) is 2.84. The number of hydrogen-bond donors (Lipinski definition) is 1. The molecule has 1 atom stereocenters. The number of carbonyl (C=O) groups excluding carboxylic acids is 1. The van der Waals surface area contributed by atoms with Crippen LogP contribution in [0, 0.1) is 0 Å². The first-order valence-electron chi connectivity index (χ1n) is 8.57. The van der Waals surface area contributed by atoms with E-state index in [0.29, 0.717) is 40.8 Å². The van der Waals surface area contributed by atoms with E-state index >= 15 is 0 Å². The molecule has 8 heteroatoms. The van der Waals surface area contributed by atoms with Crippen molar-refractivity contribution in [1.29, 1.82) is 0 Å². The van der Waals surface area contributed by atoms with Crippen LogP contribution in [0.1, 0.15) is 12.0 Å². The van der Waals surface area contributed by atoms with Crippen molar-refractivity contribution in [2.75, 3.05) is 33.8 Å². The zero-order valence-corrected chi connectivity index (χ0v) is 16.1. The van der Waals surface area contributed by atoms with E-state index in [1.165, 1.54) is 7.11 Å². The van der Waals surface area contributed by atoms with Crippen molar-refractivity contribution in [3.8, 4) is 23.0 Å². The fourth-order valence-electron chi connectivity index (χ4n) is 2.84. The summed E-state index contributed by atoms with van der Waals surface area (Å²) in [6, 6.07) is 10.5. The van der Waals surface area contributed by atoms with E-state index < -0.39 is 6.10 Å². The Kier molecular flexibility index (Phi) is 5.88. The van der Waals surface area contributed by atoms with Crippen molar-refractivity contribution in [3.05, 3.63) is 42.0 Å². The molecular formula is C20H22N2O6. The average molecular weight is 386 g/mol. The molecule has 1 amide bonds. The molecule has 0 aliphatic carbocycles. The smallest absolute Gasteiger partial charge is 0.268 e. The van der Waals surface area contributed by atoms with Crippen LogP contribution in [0.2, 0.25) is 0 Å². The molecule has 2 aromatic carbocycles. The number of anilines is 1. The SMILES string of the molecule is COc1ccc(OC)c(NC(=O)[C@@H]2CC(c3ccc(OC)cc3OC)=NO2)c1. The summed E-state index contributed by atoms with van der Waals surface area (Å²) < 4.78 is 21.1. The molecule has 1 heterocycles. The number of oxime groups is 1. The van der Waals surface area contributed by atoms with Gasteiger partial charge in [-0.1, -0.05) is 5.16 Å². The lowest BCUT2D eigenvalue weighted by Crippen LogP contribution is -2.28. The maximum Gasteiger partial charge on any atom is 0.268 e. The first kappa shape index (κ1) is 19.3. The number of hydrogen-bond acceptors (Lipinski definition) is 7. The maximum atomic E-state index is 12.7. The van der Waals surface area contributed by atoms with Crippen molar-refractivity contribution >= 4 is 17.3 Å². The lowest BCUT2D eigenvalue weighted by Gasteiger charge is -2.14. The summed E-state index contributed by atoms with van der Waals surface area (Å²) >= 11 is 0. The largest absolute Gasteiger partial charge is 0.497 e. The number of rotatable bonds is 7. The highest BCUT2D eigenvalue weighted by molar-refractivity contribution is 6.07. The number of benzene rings is 2. The Hall–Kier alpha value is -3.42. The number of nitrogens with zero attached hydrogens (tertiary/aromatic N) is 1. The minimum absolute atomic E-state index is 0.306. The van der Waals surface area contributed by atoms with E-state index in [2.05, 4.69) is 10.5 Å². The Balaban J connectivity index is 1.72. The Morgan fingerprint density at radius 2 is 1.64 bits per heavy atom. The number of ether oxygens (including phenoxy) is 4. The van der Waals surface area contributed by atoms with E-state index in [1.807, 2.05) is 6.07 Å². The molecule has 1 aliphatic rings. The highest BCUT2D eigenvalue weighted by atomic mass is 16.6. The zero-order valence-electron chi connectivity index (χ0n) is 16.1. The van der Waals surface area contributed by atoms with Gasteiger partial charge in [-0.15, -0.1) is 0 Å². The highest BCUT2D eigenvalue weighted by Crippen LogP contribution is 2.31. The molecule has 0 spiro atoms. The lowest BCUT2D eigenvalue weighted by molar-refractivity contribution is -0.125. The van der Waals surface area contributed by atoms with Crippen LogP contribution in [0.5, 0.6) is 23.0 Å². The molecule has 0 fully saturated rings. The van der Waals surface area contributed by atoms with Gasteiger partial charge < -0.3 is 29.1 Å². The minimum Gasteiger partial charge on any atom is -0.497 e. The summed E-state index contributed by atoms with van der Waals surface area (Å²) in [6.07, 6.45) is -0.460. The van der Waals surface area contributed by atoms with Crippen LogP contribution in [0.3, 0.4) is 0 Å². The highest BCUT2D eigenvalue weighted by Gasteiger charge is 2.31. The van der Waals surface area contributed by atoms with E-state index in [4.69, 9.17) is 23.8 Å². The summed E-state index contributed by atoms with van der Waals surface area (Å²) in [6.45, 7) is 0. The molecule has 1 aliphatic heterocycles. The van der Waals surface area contributed by atoms with Gasteiger partial charge >= 0.3 is 0 Å². The molecule has 0 bridgehead atoms. The van der Waals surface area contributed by atoms with Crippen molar-refractivity contribution in [2.45, 2.75) is 12.5 Å². The van der Waals surface area contributed by atoms with Crippen LogP contribution in [0.25, 0.3) is 0 Å². The van der Waals surface area contributed by atoms with Crippen LogP contribution in [-0.4, -0.2) is 46.2 Å². The summed E-state index contributed by atoms with van der Waals surface area (Å²) in [7, 11) is 6.22. The van der Waals surface area contributed by atoms with Gasteiger partial charge in [-0.2, -0.15) is 0 Å². The molecule has 0 aromatic heterocycles. The van der Waals surface area contributed by atoms with Gasteiger partial charge in [0.25, 0.3) is 5.91 Å². The van der Waals surface area contributed by atoms with Gasteiger partial charge in [0.2, 0.25) is 6.10 Å². The second-order valence-corrected chi connectivity index (χ2v) is 5.96. The van der Waals surface area contributed by atoms with Crippen LogP contribution < -0.4 is 24.3 Å². The monoisotopic (exact) mass is 386 g/mol. The topological polar surface area (TPSA) is 87.6 Å². The van der Waals surface area contributed by atoms with Gasteiger partial charge in [0.15, 0.2) is 0 Å². The first-order chi connectivity index (χ1) is 13.6. The fraction of sp³-hybridized carbons (Fsp3) is 0.300. The normalized spacial score (nSPS) is 15.3. The summed E-state index contributed by atoms with van der Waals surface area (Å²) in [4.78, 5) is 18.0. The van der Waals surface area contributed by atoms with Crippen LogP contribution >= 0.6 is 0 Å². The van der Waals surface area contributed by atoms with Gasteiger partial charge in [-0.25, -0.2) is 0 Å². The van der Waals surface area contributed by atoms with Gasteiger partial charge in [0.05, 0.1) is 39.8 Å². The summed E-state index contributed by atoms with van der Waals surface area (Å²) in [5, 5.41) is 6.87. The van der Waals surface area contributed by atoms with Crippen LogP contribution in [-0.2, 0) is 9.63 Å². The predicted octanol–water partition coefficient (Wildman–Crippen LogP) is 2.85. The molecule has 8 nitrogen and oxygen atoms in total. The number of nitrogens with one attached hydrogen (secondary N) is 1. The number of amides is 1. The Labute approximate surface area is 163 Å². The van der Waals surface area contributed by atoms with E-state index in [1.54, 1.807) is 51.7 Å². The minimum atomic E-state index is -0.766. The van der Waals surface area contributed by atoms with Crippen molar-refractivity contribution < 1.29 is 28.6 Å². The Bertz CT molecular complexity index is 896. The van der Waals surface area contributed by atoms with Crippen molar-refractivity contribution in [1.82, 2.24) is 0 Å². The van der Waals surface area contributed by atoms with E-state index in [-0.39, 0.29) is 5.91 Å². The molecule has 2 aromatic rings.